The van der Waals surface area contributed by atoms with Crippen molar-refractivity contribution in [1.29, 1.82) is 0 Å². The highest BCUT2D eigenvalue weighted by Gasteiger charge is 2.30. The quantitative estimate of drug-likeness (QED) is 0.324. The maximum atomic E-state index is 13.2. The molecule has 2 aromatic rings. The van der Waals surface area contributed by atoms with Gasteiger partial charge >= 0.3 is 0 Å². The van der Waals surface area contributed by atoms with Crippen molar-refractivity contribution in [3.8, 4) is 17.2 Å². The molecule has 1 fully saturated rings. The molecule has 1 aliphatic heterocycles. The van der Waals surface area contributed by atoms with Crippen LogP contribution in [0.25, 0.3) is 0 Å². The SMILES string of the molecule is COc1ccc(C=NNc2ccc([N+](=O)[O-])cc2S(=O)(=O)N2CCOCC2)c(OC)c1OC. The number of nitro groups is 1. The van der Waals surface area contributed by atoms with Gasteiger partial charge in [-0.15, -0.1) is 0 Å². The number of hydrogen-bond acceptors (Lipinski definition) is 10. The highest BCUT2D eigenvalue weighted by atomic mass is 32.2. The number of anilines is 1. The summed E-state index contributed by atoms with van der Waals surface area (Å²) in [4.78, 5) is 10.3. The average Bonchev–Trinajstić information content (AvgIpc) is 2.83. The molecule has 178 valence electrons. The summed E-state index contributed by atoms with van der Waals surface area (Å²) in [7, 11) is 0.408. The molecule has 0 aromatic heterocycles. The summed E-state index contributed by atoms with van der Waals surface area (Å²) in [6.07, 6.45) is 1.41. The lowest BCUT2D eigenvalue weighted by Gasteiger charge is -2.26. The summed E-state index contributed by atoms with van der Waals surface area (Å²) < 4.78 is 48.8. The molecule has 0 amide bonds. The van der Waals surface area contributed by atoms with E-state index < -0.39 is 14.9 Å². The molecule has 3 rings (SSSR count). The summed E-state index contributed by atoms with van der Waals surface area (Å²) >= 11 is 0. The third kappa shape index (κ3) is 5.16. The van der Waals surface area contributed by atoms with Crippen LogP contribution in [0.5, 0.6) is 17.2 Å². The van der Waals surface area contributed by atoms with E-state index in [-0.39, 0.29) is 42.6 Å². The van der Waals surface area contributed by atoms with Gasteiger partial charge in [0.15, 0.2) is 11.5 Å². The second-order valence-electron chi connectivity index (χ2n) is 6.75. The first-order valence-corrected chi connectivity index (χ1v) is 11.2. The van der Waals surface area contributed by atoms with E-state index >= 15 is 0 Å². The molecule has 1 saturated heterocycles. The number of ether oxygens (including phenoxy) is 4. The molecule has 0 saturated carbocycles. The number of benzene rings is 2. The standard InChI is InChI=1S/C20H24N4O8S/c1-29-17-7-4-14(19(30-2)20(17)31-3)13-21-22-16-6-5-15(24(25)26)12-18(16)33(27,28)23-8-10-32-11-9-23/h4-7,12-13,22H,8-11H2,1-3H3. The van der Waals surface area contributed by atoms with Gasteiger partial charge in [0.2, 0.25) is 15.8 Å². The van der Waals surface area contributed by atoms with Crippen molar-refractivity contribution < 1.29 is 32.3 Å². The summed E-state index contributed by atoms with van der Waals surface area (Å²) in [5, 5.41) is 15.4. The van der Waals surface area contributed by atoms with E-state index in [0.717, 1.165) is 6.07 Å². The fourth-order valence-corrected chi connectivity index (χ4v) is 4.82. The number of nitro benzene ring substituents is 1. The second-order valence-corrected chi connectivity index (χ2v) is 8.65. The summed E-state index contributed by atoms with van der Waals surface area (Å²) in [5.41, 5.74) is 2.94. The first kappa shape index (κ1) is 24.2. The van der Waals surface area contributed by atoms with Gasteiger partial charge in [0.05, 0.1) is 51.4 Å². The molecule has 0 radical (unpaired) electrons. The number of rotatable bonds is 9. The number of hydrogen-bond donors (Lipinski definition) is 1. The largest absolute Gasteiger partial charge is 0.493 e. The molecule has 1 heterocycles. The highest BCUT2D eigenvalue weighted by molar-refractivity contribution is 7.89. The Morgan fingerprint density at radius 3 is 2.39 bits per heavy atom. The molecular formula is C20H24N4O8S. The zero-order valence-corrected chi connectivity index (χ0v) is 19.1. The van der Waals surface area contributed by atoms with E-state index in [1.807, 2.05) is 0 Å². The van der Waals surface area contributed by atoms with Crippen LogP contribution in [0.15, 0.2) is 40.3 Å². The Labute approximate surface area is 190 Å². The van der Waals surface area contributed by atoms with E-state index in [9.17, 15) is 18.5 Å². The Kier molecular flexibility index (Phi) is 7.68. The smallest absolute Gasteiger partial charge is 0.270 e. The van der Waals surface area contributed by atoms with E-state index in [1.165, 1.54) is 44.0 Å². The molecule has 1 N–H and O–H groups in total. The third-order valence-electron chi connectivity index (χ3n) is 4.89. The molecule has 2 aromatic carbocycles. The van der Waals surface area contributed by atoms with Crippen molar-refractivity contribution in [3.05, 3.63) is 46.0 Å². The number of nitrogens with one attached hydrogen (secondary N) is 1. The lowest BCUT2D eigenvalue weighted by Crippen LogP contribution is -2.40. The molecular weight excluding hydrogens is 456 g/mol. The molecule has 0 atom stereocenters. The minimum atomic E-state index is -4.02. The number of non-ortho nitro benzene ring substituents is 1. The van der Waals surface area contributed by atoms with Crippen LogP contribution in [0, 0.1) is 10.1 Å². The predicted molar refractivity (Wildman–Crippen MR) is 120 cm³/mol. The van der Waals surface area contributed by atoms with Crippen LogP contribution in [-0.4, -0.2) is 71.5 Å². The van der Waals surface area contributed by atoms with Gasteiger partial charge in [-0.05, 0) is 18.2 Å². The van der Waals surface area contributed by atoms with Crippen molar-refractivity contribution in [2.24, 2.45) is 5.10 Å². The first-order chi connectivity index (χ1) is 15.8. The fraction of sp³-hybridized carbons (Fsp3) is 0.350. The van der Waals surface area contributed by atoms with Crippen LogP contribution < -0.4 is 19.6 Å². The summed E-state index contributed by atoms with van der Waals surface area (Å²) in [5.74, 6) is 1.20. The lowest BCUT2D eigenvalue weighted by molar-refractivity contribution is -0.385. The highest BCUT2D eigenvalue weighted by Crippen LogP contribution is 2.39. The molecule has 0 aliphatic carbocycles. The molecule has 13 heteroatoms. The maximum Gasteiger partial charge on any atom is 0.270 e. The van der Waals surface area contributed by atoms with Crippen LogP contribution in [0.2, 0.25) is 0 Å². The zero-order valence-electron chi connectivity index (χ0n) is 18.3. The third-order valence-corrected chi connectivity index (χ3v) is 6.83. The Balaban J connectivity index is 1.96. The van der Waals surface area contributed by atoms with Gasteiger partial charge in [0, 0.05) is 30.8 Å². The Morgan fingerprint density at radius 2 is 1.79 bits per heavy atom. The lowest BCUT2D eigenvalue weighted by atomic mass is 10.2. The van der Waals surface area contributed by atoms with Crippen molar-refractivity contribution in [2.45, 2.75) is 4.90 Å². The predicted octanol–water partition coefficient (Wildman–Crippen LogP) is 2.09. The topological polar surface area (TPSA) is 142 Å². The number of morpholine rings is 1. The van der Waals surface area contributed by atoms with Crippen molar-refractivity contribution in [2.75, 3.05) is 53.1 Å². The number of nitrogens with zero attached hydrogens (tertiary/aromatic N) is 3. The fourth-order valence-electron chi connectivity index (χ4n) is 3.25. The second kappa shape index (κ2) is 10.5. The molecule has 0 bridgehead atoms. The zero-order chi connectivity index (χ0) is 24.0. The molecule has 0 spiro atoms. The van der Waals surface area contributed by atoms with Crippen LogP contribution in [0.1, 0.15) is 5.56 Å². The normalized spacial score (nSPS) is 14.8. The van der Waals surface area contributed by atoms with Crippen LogP contribution in [0.3, 0.4) is 0 Å². The van der Waals surface area contributed by atoms with E-state index in [0.29, 0.717) is 22.8 Å². The van der Waals surface area contributed by atoms with Gasteiger partial charge in [-0.3, -0.25) is 15.5 Å². The molecule has 12 nitrogen and oxygen atoms in total. The van der Waals surface area contributed by atoms with Gasteiger partial charge in [-0.25, -0.2) is 8.42 Å². The molecule has 0 unspecified atom stereocenters. The van der Waals surface area contributed by atoms with Crippen molar-refractivity contribution >= 4 is 27.6 Å². The monoisotopic (exact) mass is 480 g/mol. The Bertz CT molecular complexity index is 1150. The summed E-state index contributed by atoms with van der Waals surface area (Å²) in [6.45, 7) is 0.787. The van der Waals surface area contributed by atoms with Gasteiger partial charge in [-0.1, -0.05) is 0 Å². The first-order valence-electron chi connectivity index (χ1n) is 9.77. The van der Waals surface area contributed by atoms with E-state index in [4.69, 9.17) is 18.9 Å². The number of hydrazone groups is 1. The Morgan fingerprint density at radius 1 is 1.09 bits per heavy atom. The minimum Gasteiger partial charge on any atom is -0.493 e. The van der Waals surface area contributed by atoms with Crippen LogP contribution in [0.4, 0.5) is 11.4 Å². The number of sulfonamides is 1. The van der Waals surface area contributed by atoms with Gasteiger partial charge in [-0.2, -0.15) is 9.41 Å². The Hall–Kier alpha value is -3.42. The van der Waals surface area contributed by atoms with Crippen LogP contribution in [-0.2, 0) is 14.8 Å². The van der Waals surface area contributed by atoms with E-state index in [2.05, 4.69) is 10.5 Å². The van der Waals surface area contributed by atoms with Crippen molar-refractivity contribution in [3.63, 3.8) is 0 Å². The molecule has 1 aliphatic rings. The summed E-state index contributed by atoms with van der Waals surface area (Å²) in [6, 6.07) is 6.87. The maximum absolute atomic E-state index is 13.2. The molecule has 33 heavy (non-hydrogen) atoms. The van der Waals surface area contributed by atoms with Gasteiger partial charge < -0.3 is 18.9 Å². The van der Waals surface area contributed by atoms with E-state index in [1.54, 1.807) is 12.1 Å². The van der Waals surface area contributed by atoms with Gasteiger partial charge in [0.1, 0.15) is 4.90 Å². The number of methoxy groups -OCH3 is 3. The van der Waals surface area contributed by atoms with Crippen molar-refractivity contribution in [1.82, 2.24) is 4.31 Å². The van der Waals surface area contributed by atoms with Crippen LogP contribution >= 0.6 is 0 Å². The minimum absolute atomic E-state index is 0.0859. The van der Waals surface area contributed by atoms with Gasteiger partial charge in [0.25, 0.3) is 5.69 Å². The average molecular weight is 480 g/mol.